The van der Waals surface area contributed by atoms with Crippen molar-refractivity contribution in [2.24, 2.45) is 0 Å². The SMILES string of the molecule is C=O.[Pt].[Pt]. The molecule has 0 radical (unpaired) electrons. The van der Waals surface area contributed by atoms with E-state index in [0.29, 0.717) is 0 Å². The van der Waals surface area contributed by atoms with E-state index in [1.54, 1.807) is 0 Å². The van der Waals surface area contributed by atoms with Crippen molar-refractivity contribution in [3.8, 4) is 0 Å². The molecule has 0 unspecified atom stereocenters. The molecule has 4 heavy (non-hydrogen) atoms. The van der Waals surface area contributed by atoms with Crippen molar-refractivity contribution in [3.05, 3.63) is 0 Å². The minimum absolute atomic E-state index is 0. The van der Waals surface area contributed by atoms with Crippen LogP contribution in [-0.4, -0.2) is 6.79 Å². The van der Waals surface area contributed by atoms with E-state index >= 15 is 0 Å². The Hall–Kier alpha value is 1.05. The summed E-state index contributed by atoms with van der Waals surface area (Å²) in [7, 11) is 0. The second-order valence-corrected chi connectivity index (χ2v) is 0. The second-order valence-electron chi connectivity index (χ2n) is 0. The Bertz CT molecular complexity index is 6.00. The molecule has 0 heterocycles. The van der Waals surface area contributed by atoms with Crippen LogP contribution in [0.3, 0.4) is 0 Å². The Morgan fingerprint density at radius 1 is 1.00 bits per heavy atom. The normalized spacial score (nSPS) is 1.00. The third-order valence-corrected chi connectivity index (χ3v) is 0. The minimum atomic E-state index is 0. The van der Waals surface area contributed by atoms with Crippen molar-refractivity contribution in [2.75, 3.05) is 0 Å². The maximum absolute atomic E-state index is 8.00. The van der Waals surface area contributed by atoms with Gasteiger partial charge in [0.05, 0.1) is 0 Å². The van der Waals surface area contributed by atoms with Gasteiger partial charge in [-0.1, -0.05) is 0 Å². The van der Waals surface area contributed by atoms with Gasteiger partial charge in [0, 0.05) is 42.1 Å². The van der Waals surface area contributed by atoms with E-state index in [1.807, 2.05) is 6.79 Å². The smallest absolute Gasteiger partial charge is 0.106 e. The van der Waals surface area contributed by atoms with E-state index in [9.17, 15) is 0 Å². The van der Waals surface area contributed by atoms with Gasteiger partial charge in [0.2, 0.25) is 0 Å². The van der Waals surface area contributed by atoms with Gasteiger partial charge in [-0.2, -0.15) is 0 Å². The van der Waals surface area contributed by atoms with Crippen LogP contribution < -0.4 is 0 Å². The fraction of sp³-hybridized carbons (Fsp3) is 0. The van der Waals surface area contributed by atoms with Gasteiger partial charge in [-0.05, 0) is 0 Å². The van der Waals surface area contributed by atoms with E-state index in [2.05, 4.69) is 0 Å². The van der Waals surface area contributed by atoms with Gasteiger partial charge in [-0.25, -0.2) is 0 Å². The van der Waals surface area contributed by atoms with Gasteiger partial charge in [-0.15, -0.1) is 0 Å². The average Bonchev–Trinajstić information content (AvgIpc) is 1.00. The summed E-state index contributed by atoms with van der Waals surface area (Å²) in [4.78, 5) is 8.00. The van der Waals surface area contributed by atoms with Gasteiger partial charge in [0.25, 0.3) is 0 Å². The van der Waals surface area contributed by atoms with E-state index in [0.717, 1.165) is 0 Å². The summed E-state index contributed by atoms with van der Waals surface area (Å²) < 4.78 is 0. The zero-order valence-corrected chi connectivity index (χ0v) is 6.29. The van der Waals surface area contributed by atoms with Crippen molar-refractivity contribution in [1.29, 1.82) is 0 Å². The molecule has 0 aromatic heterocycles. The summed E-state index contributed by atoms with van der Waals surface area (Å²) in [5.41, 5.74) is 0. The van der Waals surface area contributed by atoms with Crippen LogP contribution in [0.4, 0.5) is 0 Å². The monoisotopic (exact) mass is 420 g/mol. The second kappa shape index (κ2) is 34.3. The van der Waals surface area contributed by atoms with Crippen LogP contribution in [0.2, 0.25) is 0 Å². The van der Waals surface area contributed by atoms with E-state index in [1.165, 1.54) is 0 Å². The molecule has 0 atom stereocenters. The van der Waals surface area contributed by atoms with Crippen LogP contribution in [0.5, 0.6) is 0 Å². The van der Waals surface area contributed by atoms with Crippen LogP contribution in [0.25, 0.3) is 0 Å². The molecule has 1 nitrogen and oxygen atoms in total. The van der Waals surface area contributed by atoms with E-state index < -0.39 is 0 Å². The molecule has 0 saturated carbocycles. The largest absolute Gasteiger partial charge is 0.307 e. The van der Waals surface area contributed by atoms with Gasteiger partial charge in [0.15, 0.2) is 0 Å². The number of hydrogen-bond donors (Lipinski definition) is 0. The topological polar surface area (TPSA) is 17.1 Å². The third-order valence-electron chi connectivity index (χ3n) is 0. The third kappa shape index (κ3) is 11.6. The summed E-state index contributed by atoms with van der Waals surface area (Å²) in [6.07, 6.45) is 0. The first-order valence-electron chi connectivity index (χ1n) is 0.289. The maximum atomic E-state index is 8.00. The Labute approximate surface area is 53.7 Å². The van der Waals surface area contributed by atoms with Crippen molar-refractivity contribution >= 4 is 6.79 Å². The molecule has 0 saturated heterocycles. The van der Waals surface area contributed by atoms with Gasteiger partial charge < -0.3 is 4.79 Å². The Morgan fingerprint density at radius 2 is 1.00 bits per heavy atom. The molecule has 32 valence electrons. The maximum Gasteiger partial charge on any atom is 0.106 e. The molecule has 0 spiro atoms. The zero-order valence-electron chi connectivity index (χ0n) is 1.75. The molecule has 0 aliphatic heterocycles. The molecule has 0 fully saturated rings. The fourth-order valence-electron chi connectivity index (χ4n) is 0. The van der Waals surface area contributed by atoms with Crippen LogP contribution >= 0.6 is 0 Å². The Kier molecular flexibility index (Phi) is 169. The first-order valence-corrected chi connectivity index (χ1v) is 0.289. The molecule has 0 aromatic rings. The number of carbonyl (C=O) groups excluding carboxylic acids is 1. The molecule has 0 amide bonds. The summed E-state index contributed by atoms with van der Waals surface area (Å²) in [6.45, 7) is 2.00. The number of carbonyl (C=O) groups is 1. The van der Waals surface area contributed by atoms with Crippen LogP contribution in [0.15, 0.2) is 0 Å². The Balaban J connectivity index is -0.00000000500. The predicted octanol–water partition coefficient (Wildman–Crippen LogP) is -0.190. The fourth-order valence-corrected chi connectivity index (χ4v) is 0. The van der Waals surface area contributed by atoms with Gasteiger partial charge in [-0.3, -0.25) is 0 Å². The van der Waals surface area contributed by atoms with Crippen molar-refractivity contribution in [1.82, 2.24) is 0 Å². The summed E-state index contributed by atoms with van der Waals surface area (Å²) >= 11 is 0. The summed E-state index contributed by atoms with van der Waals surface area (Å²) in [5, 5.41) is 0. The molecular formula is CH2OPt2. The van der Waals surface area contributed by atoms with Crippen molar-refractivity contribution in [3.63, 3.8) is 0 Å². The molecular weight excluding hydrogens is 418 g/mol. The molecule has 3 heteroatoms. The van der Waals surface area contributed by atoms with Crippen LogP contribution in [0, 0.1) is 0 Å². The number of hydrogen-bond acceptors (Lipinski definition) is 1. The molecule has 0 aromatic carbocycles. The molecule has 0 rings (SSSR count). The quantitative estimate of drug-likeness (QED) is 0.532. The molecule has 0 aliphatic rings. The van der Waals surface area contributed by atoms with Gasteiger partial charge in [0.1, 0.15) is 6.79 Å². The first-order chi connectivity index (χ1) is 1.00. The van der Waals surface area contributed by atoms with Crippen LogP contribution in [-0.2, 0) is 46.9 Å². The van der Waals surface area contributed by atoms with Crippen molar-refractivity contribution < 1.29 is 46.9 Å². The minimum Gasteiger partial charge on any atom is -0.307 e. The average molecular weight is 420 g/mol. The van der Waals surface area contributed by atoms with Gasteiger partial charge >= 0.3 is 0 Å². The molecule has 0 bridgehead atoms. The van der Waals surface area contributed by atoms with E-state index in [4.69, 9.17) is 4.79 Å². The van der Waals surface area contributed by atoms with E-state index in [-0.39, 0.29) is 42.1 Å². The Morgan fingerprint density at radius 3 is 1.00 bits per heavy atom. The summed E-state index contributed by atoms with van der Waals surface area (Å²) in [6, 6.07) is 0. The molecule has 0 N–H and O–H groups in total. The standard InChI is InChI=1S/CH2O.2Pt/c1-2;;/h1H2;;. The molecule has 0 aliphatic carbocycles. The first kappa shape index (κ1) is 19.7. The predicted molar refractivity (Wildman–Crippen MR) is 7.12 cm³/mol. The summed E-state index contributed by atoms with van der Waals surface area (Å²) in [5.74, 6) is 0. The van der Waals surface area contributed by atoms with Crippen LogP contribution in [0.1, 0.15) is 0 Å². The van der Waals surface area contributed by atoms with Crippen molar-refractivity contribution in [2.45, 2.75) is 0 Å². The number of rotatable bonds is 0. The zero-order chi connectivity index (χ0) is 2.00.